The fourth-order valence-corrected chi connectivity index (χ4v) is 4.93. The van der Waals surface area contributed by atoms with Crippen molar-refractivity contribution in [3.05, 3.63) is 92.3 Å². The maximum atomic E-state index is 13.1. The average Bonchev–Trinajstić information content (AvgIpc) is 3.15. The number of benzene rings is 3. The number of thioether (sulfide) groups is 1. The van der Waals surface area contributed by atoms with Crippen LogP contribution in [0.3, 0.4) is 0 Å². The van der Waals surface area contributed by atoms with Gasteiger partial charge in [0.05, 0.1) is 27.2 Å². The summed E-state index contributed by atoms with van der Waals surface area (Å²) in [6.07, 6.45) is 1.86. The number of hydrogen-bond donors (Lipinski definition) is 0. The zero-order chi connectivity index (χ0) is 25.7. The van der Waals surface area contributed by atoms with Crippen LogP contribution in [0.2, 0.25) is 10.0 Å². The smallest absolute Gasteiger partial charge is 0.266 e. The molecule has 1 amide bonds. The van der Waals surface area contributed by atoms with Gasteiger partial charge in [-0.2, -0.15) is 0 Å². The molecule has 0 aliphatic carbocycles. The Morgan fingerprint density at radius 1 is 0.944 bits per heavy atom. The van der Waals surface area contributed by atoms with Crippen molar-refractivity contribution in [3.63, 3.8) is 0 Å². The molecule has 0 radical (unpaired) electrons. The Morgan fingerprint density at radius 3 is 2.42 bits per heavy atom. The standard InChI is InChI=1S/C28H26Cl2N2O3S/c1-4-32-27(33)26(36-28(32)31-21-10-6-18(3)7-11-21)16-19-9-13-24(25(15-19)34-5-2)35-17-20-8-12-22(29)23(30)14-20/h6-16H,4-5,17H2,1-3H3/b26-16+,31-28?. The number of nitrogens with zero attached hydrogens (tertiary/aromatic N) is 2. The summed E-state index contributed by atoms with van der Waals surface area (Å²) in [5.41, 5.74) is 3.71. The van der Waals surface area contributed by atoms with Crippen molar-refractivity contribution in [3.8, 4) is 11.5 Å². The Balaban J connectivity index is 1.55. The largest absolute Gasteiger partial charge is 0.490 e. The van der Waals surface area contributed by atoms with Gasteiger partial charge in [-0.15, -0.1) is 0 Å². The van der Waals surface area contributed by atoms with Gasteiger partial charge in [0.1, 0.15) is 6.61 Å². The number of amides is 1. The van der Waals surface area contributed by atoms with E-state index in [2.05, 4.69) is 0 Å². The van der Waals surface area contributed by atoms with Gasteiger partial charge in [0.15, 0.2) is 16.7 Å². The number of carbonyl (C=O) groups is 1. The van der Waals surface area contributed by atoms with Crippen LogP contribution in [0.4, 0.5) is 5.69 Å². The molecule has 3 aromatic rings. The van der Waals surface area contributed by atoms with E-state index in [-0.39, 0.29) is 5.91 Å². The second kappa shape index (κ2) is 11.9. The fraction of sp³-hybridized carbons (Fsp3) is 0.214. The molecule has 0 bridgehead atoms. The van der Waals surface area contributed by atoms with Crippen LogP contribution in [0.25, 0.3) is 6.08 Å². The zero-order valence-corrected chi connectivity index (χ0v) is 22.6. The highest BCUT2D eigenvalue weighted by atomic mass is 35.5. The van der Waals surface area contributed by atoms with Crippen LogP contribution in [0.1, 0.15) is 30.5 Å². The molecule has 8 heteroatoms. The molecule has 0 N–H and O–H groups in total. The minimum absolute atomic E-state index is 0.0636. The number of likely N-dealkylation sites (N-methyl/N-ethyl adjacent to an activating group) is 1. The summed E-state index contributed by atoms with van der Waals surface area (Å²) >= 11 is 13.5. The summed E-state index contributed by atoms with van der Waals surface area (Å²) in [7, 11) is 0. The third-order valence-electron chi connectivity index (χ3n) is 5.41. The molecule has 5 nitrogen and oxygen atoms in total. The van der Waals surface area contributed by atoms with E-state index < -0.39 is 0 Å². The average molecular weight is 542 g/mol. The summed E-state index contributed by atoms with van der Waals surface area (Å²) < 4.78 is 11.8. The Morgan fingerprint density at radius 2 is 1.72 bits per heavy atom. The number of hydrogen-bond acceptors (Lipinski definition) is 5. The molecule has 0 saturated carbocycles. The minimum atomic E-state index is -0.0636. The van der Waals surface area contributed by atoms with Crippen LogP contribution in [0.15, 0.2) is 70.6 Å². The predicted molar refractivity (Wildman–Crippen MR) is 150 cm³/mol. The summed E-state index contributed by atoms with van der Waals surface area (Å²) in [5, 5.41) is 1.65. The van der Waals surface area contributed by atoms with E-state index in [1.807, 2.05) is 75.4 Å². The number of carbonyl (C=O) groups excluding carboxylic acids is 1. The van der Waals surface area contributed by atoms with Gasteiger partial charge in [0, 0.05) is 6.54 Å². The number of halogens is 2. The Hall–Kier alpha value is -2.93. The molecule has 36 heavy (non-hydrogen) atoms. The first kappa shape index (κ1) is 26.1. The Kier molecular flexibility index (Phi) is 8.62. The van der Waals surface area contributed by atoms with Crippen molar-refractivity contribution in [2.75, 3.05) is 13.2 Å². The summed E-state index contributed by atoms with van der Waals surface area (Å²) in [6, 6.07) is 18.9. The lowest BCUT2D eigenvalue weighted by Crippen LogP contribution is -2.28. The SMILES string of the molecule is CCOc1cc(/C=C2/SC(=Nc3ccc(C)cc3)N(CC)C2=O)ccc1OCc1ccc(Cl)c(Cl)c1. The molecule has 0 aromatic heterocycles. The summed E-state index contributed by atoms with van der Waals surface area (Å²) in [5.74, 6) is 1.14. The van der Waals surface area contributed by atoms with Crippen molar-refractivity contribution in [1.82, 2.24) is 4.90 Å². The van der Waals surface area contributed by atoms with Gasteiger partial charge in [0.25, 0.3) is 5.91 Å². The number of aliphatic imine (C=N–C) groups is 1. The molecule has 0 atom stereocenters. The maximum absolute atomic E-state index is 13.1. The van der Waals surface area contributed by atoms with Crippen LogP contribution in [-0.4, -0.2) is 29.1 Å². The molecule has 3 aromatic carbocycles. The lowest BCUT2D eigenvalue weighted by Gasteiger charge is -2.13. The van der Waals surface area contributed by atoms with Crippen molar-refractivity contribution < 1.29 is 14.3 Å². The molecule has 186 valence electrons. The van der Waals surface area contributed by atoms with Gasteiger partial charge in [-0.05, 0) is 86.1 Å². The van der Waals surface area contributed by atoms with Gasteiger partial charge in [-0.1, -0.05) is 53.0 Å². The van der Waals surface area contributed by atoms with E-state index >= 15 is 0 Å². The highest BCUT2D eigenvalue weighted by Crippen LogP contribution is 2.36. The second-order valence-corrected chi connectivity index (χ2v) is 9.89. The third-order valence-corrected chi connectivity index (χ3v) is 7.15. The van der Waals surface area contributed by atoms with E-state index in [9.17, 15) is 4.79 Å². The highest BCUT2D eigenvalue weighted by Gasteiger charge is 2.32. The Bertz CT molecular complexity index is 1320. The van der Waals surface area contributed by atoms with Crippen LogP contribution in [-0.2, 0) is 11.4 Å². The molecule has 1 heterocycles. The number of amidine groups is 1. The molecule has 0 unspecified atom stereocenters. The van der Waals surface area contributed by atoms with Gasteiger partial charge in [0.2, 0.25) is 0 Å². The summed E-state index contributed by atoms with van der Waals surface area (Å²) in [6.45, 7) is 7.23. The van der Waals surface area contributed by atoms with E-state index in [1.165, 1.54) is 11.8 Å². The molecule has 1 aliphatic rings. The normalized spacial score (nSPS) is 15.7. The zero-order valence-electron chi connectivity index (χ0n) is 20.3. The second-order valence-electron chi connectivity index (χ2n) is 8.07. The van der Waals surface area contributed by atoms with Gasteiger partial charge >= 0.3 is 0 Å². The van der Waals surface area contributed by atoms with Crippen LogP contribution < -0.4 is 9.47 Å². The number of aryl methyl sites for hydroxylation is 1. The lowest BCUT2D eigenvalue weighted by atomic mass is 10.1. The molecule has 4 rings (SSSR count). The number of ether oxygens (including phenoxy) is 2. The quantitative estimate of drug-likeness (QED) is 0.272. The van der Waals surface area contributed by atoms with Gasteiger partial charge < -0.3 is 9.47 Å². The summed E-state index contributed by atoms with van der Waals surface area (Å²) in [4.78, 5) is 20.1. The fourth-order valence-electron chi connectivity index (χ4n) is 3.54. The number of rotatable bonds is 8. The first-order valence-corrected chi connectivity index (χ1v) is 13.2. The van der Waals surface area contributed by atoms with Gasteiger partial charge in [-0.3, -0.25) is 9.69 Å². The minimum Gasteiger partial charge on any atom is -0.490 e. The lowest BCUT2D eigenvalue weighted by molar-refractivity contribution is -0.122. The molecular weight excluding hydrogens is 515 g/mol. The van der Waals surface area contributed by atoms with Gasteiger partial charge in [-0.25, -0.2) is 4.99 Å². The first-order valence-electron chi connectivity index (χ1n) is 11.6. The van der Waals surface area contributed by atoms with E-state index in [0.29, 0.717) is 51.4 Å². The maximum Gasteiger partial charge on any atom is 0.266 e. The third kappa shape index (κ3) is 6.25. The first-order chi connectivity index (χ1) is 17.4. The van der Waals surface area contributed by atoms with Crippen molar-refractivity contribution in [2.45, 2.75) is 27.4 Å². The monoisotopic (exact) mass is 540 g/mol. The van der Waals surface area contributed by atoms with Crippen LogP contribution >= 0.6 is 35.0 Å². The topological polar surface area (TPSA) is 51.1 Å². The molecule has 1 saturated heterocycles. The van der Waals surface area contributed by atoms with Crippen molar-refractivity contribution in [2.24, 2.45) is 4.99 Å². The van der Waals surface area contributed by atoms with Crippen LogP contribution in [0.5, 0.6) is 11.5 Å². The van der Waals surface area contributed by atoms with E-state index in [1.54, 1.807) is 17.0 Å². The molecule has 1 aliphatic heterocycles. The van der Waals surface area contributed by atoms with E-state index in [4.69, 9.17) is 37.7 Å². The van der Waals surface area contributed by atoms with Crippen molar-refractivity contribution >= 4 is 57.8 Å². The predicted octanol–water partition coefficient (Wildman–Crippen LogP) is 7.90. The van der Waals surface area contributed by atoms with E-state index in [0.717, 1.165) is 22.4 Å². The molecule has 0 spiro atoms. The van der Waals surface area contributed by atoms with Crippen LogP contribution in [0, 0.1) is 6.92 Å². The van der Waals surface area contributed by atoms with Crippen molar-refractivity contribution in [1.29, 1.82) is 0 Å². The molecule has 1 fully saturated rings. The highest BCUT2D eigenvalue weighted by molar-refractivity contribution is 8.18. The molecular formula is C28H26Cl2N2O3S. The Labute approximate surface area is 225 Å².